The van der Waals surface area contributed by atoms with Crippen LogP contribution in [0.1, 0.15) is 31.0 Å². The number of hydrogen-bond donors (Lipinski definition) is 0. The summed E-state index contributed by atoms with van der Waals surface area (Å²) in [7, 11) is 1.29. The van der Waals surface area contributed by atoms with Gasteiger partial charge in [0.15, 0.2) is 16.3 Å². The van der Waals surface area contributed by atoms with Crippen LogP contribution in [-0.2, 0) is 9.53 Å². The van der Waals surface area contributed by atoms with Crippen molar-refractivity contribution in [2.75, 3.05) is 20.3 Å². The third-order valence-electron chi connectivity index (χ3n) is 5.25. The minimum absolute atomic E-state index is 0.229. The van der Waals surface area contributed by atoms with E-state index < -0.39 is 12.0 Å². The summed E-state index contributed by atoms with van der Waals surface area (Å²) in [6, 6.07) is 9.70. The van der Waals surface area contributed by atoms with Crippen LogP contribution in [0.2, 0.25) is 10.0 Å². The number of methoxy groups -OCH3 is 1. The fraction of sp³-hybridized carbons (Fsp3) is 0.240. The van der Waals surface area contributed by atoms with Crippen LogP contribution in [0.4, 0.5) is 0 Å². The molecular formula is C25H22Cl2N2O5S. The van der Waals surface area contributed by atoms with Crippen molar-refractivity contribution in [2.24, 2.45) is 4.99 Å². The predicted molar refractivity (Wildman–Crippen MR) is 136 cm³/mol. The van der Waals surface area contributed by atoms with E-state index in [0.717, 1.165) is 0 Å². The van der Waals surface area contributed by atoms with Crippen LogP contribution in [0.15, 0.2) is 58.0 Å². The first-order valence-electron chi connectivity index (χ1n) is 10.8. The maximum atomic E-state index is 13.6. The highest BCUT2D eigenvalue weighted by Crippen LogP contribution is 2.35. The topological polar surface area (TPSA) is 79.1 Å². The Balaban J connectivity index is 1.90. The monoisotopic (exact) mass is 532 g/mol. The van der Waals surface area contributed by atoms with Gasteiger partial charge in [0.2, 0.25) is 0 Å². The Hall–Kier alpha value is -3.07. The molecule has 0 saturated heterocycles. The molecule has 2 heterocycles. The highest BCUT2D eigenvalue weighted by molar-refractivity contribution is 7.07. The zero-order valence-electron chi connectivity index (χ0n) is 19.2. The highest BCUT2D eigenvalue weighted by atomic mass is 35.5. The van der Waals surface area contributed by atoms with Gasteiger partial charge < -0.3 is 14.2 Å². The lowest BCUT2D eigenvalue weighted by Gasteiger charge is -2.23. The molecule has 1 aromatic heterocycles. The molecule has 0 amide bonds. The van der Waals surface area contributed by atoms with Gasteiger partial charge in [-0.15, -0.1) is 0 Å². The molecule has 1 atom stereocenters. The van der Waals surface area contributed by atoms with Crippen LogP contribution < -0.4 is 24.4 Å². The van der Waals surface area contributed by atoms with Crippen molar-refractivity contribution >= 4 is 46.6 Å². The van der Waals surface area contributed by atoms with Gasteiger partial charge in [-0.25, -0.2) is 9.79 Å². The molecule has 10 heteroatoms. The van der Waals surface area contributed by atoms with Gasteiger partial charge in [-0.1, -0.05) is 46.7 Å². The van der Waals surface area contributed by atoms with Gasteiger partial charge in [0.05, 0.1) is 46.5 Å². The largest absolute Gasteiger partial charge is 0.490 e. The number of ether oxygens (including phenoxy) is 3. The molecule has 7 nitrogen and oxygen atoms in total. The van der Waals surface area contributed by atoms with Gasteiger partial charge in [-0.2, -0.15) is 0 Å². The zero-order valence-corrected chi connectivity index (χ0v) is 21.5. The first-order valence-corrected chi connectivity index (χ1v) is 12.4. The number of esters is 1. The van der Waals surface area contributed by atoms with Crippen LogP contribution in [0, 0.1) is 0 Å². The Kier molecular flexibility index (Phi) is 7.64. The standard InChI is InChI=1S/C25H22Cl2N2O5S/c1-4-33-19-9-7-15(12-20(19)34-5-2)22-16(24(31)32-3)13-28-25-29(22)23(30)21(35-25)11-14-6-8-17(26)18(27)10-14/h6-13,22H,4-5H2,1-3H3/b21-11-/t22-/m1/s1. The van der Waals surface area contributed by atoms with Crippen LogP contribution in [0.5, 0.6) is 11.5 Å². The first kappa shape index (κ1) is 25.0. The van der Waals surface area contributed by atoms with E-state index in [9.17, 15) is 9.59 Å². The Morgan fingerprint density at radius 1 is 1.09 bits per heavy atom. The third kappa shape index (κ3) is 5.00. The number of nitrogens with zero attached hydrogens (tertiary/aromatic N) is 2. The second kappa shape index (κ2) is 10.7. The van der Waals surface area contributed by atoms with Crippen molar-refractivity contribution in [1.82, 2.24) is 4.57 Å². The lowest BCUT2D eigenvalue weighted by Crippen LogP contribution is -2.39. The lowest BCUT2D eigenvalue weighted by atomic mass is 9.97. The summed E-state index contributed by atoms with van der Waals surface area (Å²) in [4.78, 5) is 31.1. The van der Waals surface area contributed by atoms with E-state index in [-0.39, 0.29) is 11.1 Å². The maximum Gasteiger partial charge on any atom is 0.337 e. The van der Waals surface area contributed by atoms with E-state index in [4.69, 9.17) is 37.4 Å². The quantitative estimate of drug-likeness (QED) is 0.427. The zero-order chi connectivity index (χ0) is 25.1. The molecule has 0 unspecified atom stereocenters. The fourth-order valence-electron chi connectivity index (χ4n) is 3.74. The van der Waals surface area contributed by atoms with Crippen LogP contribution >= 0.6 is 34.5 Å². The average molecular weight is 533 g/mol. The fourth-order valence-corrected chi connectivity index (χ4v) is 5.02. The molecule has 1 aliphatic heterocycles. The van der Waals surface area contributed by atoms with Crippen LogP contribution in [-0.4, -0.2) is 30.9 Å². The molecule has 0 saturated carbocycles. The second-order valence-electron chi connectivity index (χ2n) is 7.42. The summed E-state index contributed by atoms with van der Waals surface area (Å²) in [5, 5.41) is 0.811. The molecule has 3 aromatic rings. The van der Waals surface area contributed by atoms with E-state index in [0.29, 0.717) is 55.2 Å². The van der Waals surface area contributed by atoms with Crippen LogP contribution in [0.25, 0.3) is 6.08 Å². The van der Waals surface area contributed by atoms with E-state index >= 15 is 0 Å². The molecule has 182 valence electrons. The van der Waals surface area contributed by atoms with E-state index in [1.807, 2.05) is 13.8 Å². The minimum atomic E-state index is -0.760. The molecule has 0 radical (unpaired) electrons. The van der Waals surface area contributed by atoms with Gasteiger partial charge in [-0.05, 0) is 55.3 Å². The molecule has 4 rings (SSSR count). The van der Waals surface area contributed by atoms with Crippen molar-refractivity contribution in [3.05, 3.63) is 89.0 Å². The van der Waals surface area contributed by atoms with Gasteiger partial charge in [-0.3, -0.25) is 9.36 Å². The van der Waals surface area contributed by atoms with Crippen molar-refractivity contribution in [2.45, 2.75) is 19.9 Å². The van der Waals surface area contributed by atoms with E-state index in [1.165, 1.54) is 29.2 Å². The number of thiazole rings is 1. The number of rotatable bonds is 7. The summed E-state index contributed by atoms with van der Waals surface area (Å²) >= 11 is 13.4. The lowest BCUT2D eigenvalue weighted by molar-refractivity contribution is -0.136. The second-order valence-corrected chi connectivity index (χ2v) is 9.25. The summed E-state index contributed by atoms with van der Waals surface area (Å²) in [6.07, 6.45) is 3.16. The first-order chi connectivity index (χ1) is 16.9. The molecule has 0 spiro atoms. The van der Waals surface area contributed by atoms with E-state index in [2.05, 4.69) is 4.99 Å². The number of carbonyl (C=O) groups is 1. The number of carbonyl (C=O) groups excluding carboxylic acids is 1. The Labute approximate surface area is 215 Å². The van der Waals surface area contributed by atoms with Crippen molar-refractivity contribution in [3.63, 3.8) is 0 Å². The number of halogens is 2. The number of hydrogen-bond acceptors (Lipinski definition) is 7. The summed E-state index contributed by atoms with van der Waals surface area (Å²) in [5.41, 5.74) is 1.30. The molecule has 0 bridgehead atoms. The Bertz CT molecular complexity index is 1490. The number of aromatic nitrogens is 1. The van der Waals surface area contributed by atoms with Gasteiger partial charge >= 0.3 is 5.97 Å². The average Bonchev–Trinajstić information content (AvgIpc) is 3.17. The van der Waals surface area contributed by atoms with Crippen molar-refractivity contribution in [1.29, 1.82) is 0 Å². The molecular weight excluding hydrogens is 511 g/mol. The van der Waals surface area contributed by atoms with Crippen molar-refractivity contribution < 1.29 is 19.0 Å². The normalized spacial score (nSPS) is 15.2. The molecule has 2 aromatic carbocycles. The minimum Gasteiger partial charge on any atom is -0.490 e. The molecule has 1 aliphatic rings. The Morgan fingerprint density at radius 3 is 2.51 bits per heavy atom. The predicted octanol–water partition coefficient (Wildman–Crippen LogP) is 4.12. The van der Waals surface area contributed by atoms with Crippen LogP contribution in [0.3, 0.4) is 0 Å². The molecule has 35 heavy (non-hydrogen) atoms. The maximum absolute atomic E-state index is 13.6. The summed E-state index contributed by atoms with van der Waals surface area (Å²) < 4.78 is 18.4. The van der Waals surface area contributed by atoms with Gasteiger partial charge in [0.1, 0.15) is 0 Å². The number of fused-ring (bicyclic) bond motifs is 1. The highest BCUT2D eigenvalue weighted by Gasteiger charge is 2.31. The summed E-state index contributed by atoms with van der Waals surface area (Å²) in [5.74, 6) is 0.518. The Morgan fingerprint density at radius 2 is 1.83 bits per heavy atom. The SMILES string of the molecule is CCOc1ccc([C@@H]2C(C(=O)OC)=CN=c3s/c(=C\c4ccc(Cl)c(Cl)c4)c(=O)n32)cc1OCC. The number of benzene rings is 2. The molecule has 0 N–H and O–H groups in total. The van der Waals surface area contributed by atoms with Gasteiger partial charge in [0, 0.05) is 6.20 Å². The molecule has 0 fully saturated rings. The smallest absolute Gasteiger partial charge is 0.337 e. The van der Waals surface area contributed by atoms with E-state index in [1.54, 1.807) is 42.5 Å². The summed E-state index contributed by atoms with van der Waals surface area (Å²) in [6.45, 7) is 4.65. The molecule has 0 aliphatic carbocycles. The van der Waals surface area contributed by atoms with Gasteiger partial charge in [0.25, 0.3) is 5.56 Å². The van der Waals surface area contributed by atoms with Crippen molar-refractivity contribution in [3.8, 4) is 11.5 Å². The third-order valence-corrected chi connectivity index (χ3v) is 6.99.